The molecule has 1 heterocycles. The van der Waals surface area contributed by atoms with Gasteiger partial charge >= 0.3 is 0 Å². The van der Waals surface area contributed by atoms with Crippen molar-refractivity contribution in [3.63, 3.8) is 0 Å². The van der Waals surface area contributed by atoms with E-state index in [0.717, 1.165) is 11.8 Å². The summed E-state index contributed by atoms with van der Waals surface area (Å²) >= 11 is 0. The average molecular weight is 272 g/mol. The van der Waals surface area contributed by atoms with Crippen LogP contribution in [-0.2, 0) is 0 Å². The SMILES string of the molecule is CC1CCC(NC2CC2c2ccccc2)N(C)C1(C)C. The lowest BCUT2D eigenvalue weighted by molar-refractivity contribution is -0.00784. The van der Waals surface area contributed by atoms with E-state index in [1.165, 1.54) is 24.8 Å². The summed E-state index contributed by atoms with van der Waals surface area (Å²) in [7, 11) is 2.28. The maximum Gasteiger partial charge on any atom is 0.0601 e. The predicted octanol–water partition coefficient (Wildman–Crippen LogP) is 3.60. The van der Waals surface area contributed by atoms with E-state index >= 15 is 0 Å². The highest BCUT2D eigenvalue weighted by atomic mass is 15.3. The van der Waals surface area contributed by atoms with Gasteiger partial charge in [0.25, 0.3) is 0 Å². The highest BCUT2D eigenvalue weighted by Crippen LogP contribution is 2.42. The summed E-state index contributed by atoms with van der Waals surface area (Å²) in [5, 5.41) is 3.89. The summed E-state index contributed by atoms with van der Waals surface area (Å²) in [6.45, 7) is 7.15. The largest absolute Gasteiger partial charge is 0.298 e. The Kier molecular flexibility index (Phi) is 3.64. The number of hydrogen-bond donors (Lipinski definition) is 1. The Labute approximate surface area is 123 Å². The molecule has 1 aliphatic carbocycles. The van der Waals surface area contributed by atoms with Crippen LogP contribution in [0.1, 0.15) is 51.5 Å². The van der Waals surface area contributed by atoms with Gasteiger partial charge in [0.15, 0.2) is 0 Å². The molecular weight excluding hydrogens is 244 g/mol. The molecule has 2 fully saturated rings. The molecule has 0 aromatic heterocycles. The first-order valence-corrected chi connectivity index (χ1v) is 8.04. The van der Waals surface area contributed by atoms with Gasteiger partial charge in [-0.15, -0.1) is 0 Å². The maximum atomic E-state index is 3.89. The molecule has 110 valence electrons. The number of piperidine rings is 1. The number of likely N-dealkylation sites (tertiary alicyclic amines) is 1. The van der Waals surface area contributed by atoms with Crippen LogP contribution in [0.5, 0.6) is 0 Å². The Hall–Kier alpha value is -0.860. The van der Waals surface area contributed by atoms with Gasteiger partial charge in [0.2, 0.25) is 0 Å². The van der Waals surface area contributed by atoms with E-state index in [1.807, 2.05) is 0 Å². The Balaban J connectivity index is 1.60. The monoisotopic (exact) mass is 272 g/mol. The summed E-state index contributed by atoms with van der Waals surface area (Å²) in [6, 6.07) is 11.6. The molecule has 20 heavy (non-hydrogen) atoms. The van der Waals surface area contributed by atoms with Crippen molar-refractivity contribution in [1.82, 2.24) is 10.2 Å². The van der Waals surface area contributed by atoms with Gasteiger partial charge in [0.05, 0.1) is 6.17 Å². The van der Waals surface area contributed by atoms with Gasteiger partial charge in [-0.25, -0.2) is 0 Å². The standard InChI is InChI=1S/C18H28N2/c1-13-10-11-17(20(4)18(13,2)3)19-16-12-15(16)14-8-6-5-7-9-14/h5-9,13,15-17,19H,10-12H2,1-4H3. The first-order chi connectivity index (χ1) is 9.50. The van der Waals surface area contributed by atoms with Crippen LogP contribution in [0, 0.1) is 5.92 Å². The van der Waals surface area contributed by atoms with Crippen molar-refractivity contribution < 1.29 is 0 Å². The first kappa shape index (κ1) is 14.1. The topological polar surface area (TPSA) is 15.3 Å². The summed E-state index contributed by atoms with van der Waals surface area (Å²) in [4.78, 5) is 2.56. The Morgan fingerprint density at radius 1 is 1.15 bits per heavy atom. The molecule has 2 heteroatoms. The van der Waals surface area contributed by atoms with Crippen molar-refractivity contribution in [2.45, 2.75) is 63.7 Å². The van der Waals surface area contributed by atoms with E-state index in [-0.39, 0.29) is 0 Å². The van der Waals surface area contributed by atoms with Crippen LogP contribution in [0.4, 0.5) is 0 Å². The summed E-state index contributed by atoms with van der Waals surface area (Å²) in [5.74, 6) is 1.50. The molecule has 1 aliphatic heterocycles. The Morgan fingerprint density at radius 2 is 1.85 bits per heavy atom. The van der Waals surface area contributed by atoms with Crippen molar-refractivity contribution in [1.29, 1.82) is 0 Å². The number of nitrogens with zero attached hydrogens (tertiary/aromatic N) is 1. The molecule has 1 aromatic rings. The zero-order chi connectivity index (χ0) is 14.3. The number of nitrogens with one attached hydrogen (secondary N) is 1. The second-order valence-corrected chi connectivity index (χ2v) is 7.28. The van der Waals surface area contributed by atoms with Gasteiger partial charge < -0.3 is 0 Å². The molecule has 0 bridgehead atoms. The molecule has 4 unspecified atom stereocenters. The summed E-state index contributed by atoms with van der Waals surface area (Å²) in [5.41, 5.74) is 1.80. The summed E-state index contributed by atoms with van der Waals surface area (Å²) < 4.78 is 0. The minimum absolute atomic E-state index is 0.299. The highest BCUT2D eigenvalue weighted by molar-refractivity contribution is 5.27. The predicted molar refractivity (Wildman–Crippen MR) is 84.8 cm³/mol. The molecule has 1 aromatic carbocycles. The van der Waals surface area contributed by atoms with Crippen LogP contribution >= 0.6 is 0 Å². The average Bonchev–Trinajstić information content (AvgIpc) is 3.21. The Bertz CT molecular complexity index is 454. The van der Waals surface area contributed by atoms with E-state index in [1.54, 1.807) is 0 Å². The van der Waals surface area contributed by atoms with Gasteiger partial charge in [0.1, 0.15) is 0 Å². The molecule has 2 aliphatic rings. The van der Waals surface area contributed by atoms with Crippen molar-refractivity contribution in [2.75, 3.05) is 7.05 Å². The van der Waals surface area contributed by atoms with Gasteiger partial charge in [-0.2, -0.15) is 0 Å². The highest BCUT2D eigenvalue weighted by Gasteiger charge is 2.44. The van der Waals surface area contributed by atoms with Gasteiger partial charge in [0, 0.05) is 17.5 Å². The van der Waals surface area contributed by atoms with E-state index in [0.29, 0.717) is 17.7 Å². The molecule has 0 amide bonds. The number of rotatable bonds is 3. The van der Waals surface area contributed by atoms with Gasteiger partial charge in [-0.05, 0) is 51.6 Å². The van der Waals surface area contributed by atoms with Crippen LogP contribution in [0.15, 0.2) is 30.3 Å². The second-order valence-electron chi connectivity index (χ2n) is 7.28. The van der Waals surface area contributed by atoms with Crippen molar-refractivity contribution in [2.24, 2.45) is 5.92 Å². The summed E-state index contributed by atoms with van der Waals surface area (Å²) in [6.07, 6.45) is 4.45. The van der Waals surface area contributed by atoms with Crippen molar-refractivity contribution in [3.05, 3.63) is 35.9 Å². The molecule has 1 N–H and O–H groups in total. The van der Waals surface area contributed by atoms with Gasteiger partial charge in [-0.1, -0.05) is 37.3 Å². The molecule has 0 spiro atoms. The molecule has 1 saturated heterocycles. The molecule has 4 atom stereocenters. The third-order valence-corrected chi connectivity index (χ3v) is 5.88. The van der Waals surface area contributed by atoms with E-state index in [9.17, 15) is 0 Å². The number of hydrogen-bond acceptors (Lipinski definition) is 2. The third kappa shape index (κ3) is 2.51. The van der Waals surface area contributed by atoms with Crippen LogP contribution in [0.25, 0.3) is 0 Å². The first-order valence-electron chi connectivity index (χ1n) is 8.04. The van der Waals surface area contributed by atoms with Crippen LogP contribution in [-0.4, -0.2) is 29.7 Å². The fraction of sp³-hybridized carbons (Fsp3) is 0.667. The van der Waals surface area contributed by atoms with Crippen molar-refractivity contribution >= 4 is 0 Å². The normalized spacial score (nSPS) is 36.8. The molecular formula is C18H28N2. The third-order valence-electron chi connectivity index (χ3n) is 5.88. The minimum atomic E-state index is 0.299. The molecule has 2 nitrogen and oxygen atoms in total. The molecule has 0 radical (unpaired) electrons. The molecule has 1 saturated carbocycles. The van der Waals surface area contributed by atoms with Gasteiger partial charge in [-0.3, -0.25) is 10.2 Å². The van der Waals surface area contributed by atoms with E-state index in [2.05, 4.69) is 68.4 Å². The fourth-order valence-electron chi connectivity index (χ4n) is 3.59. The lowest BCUT2D eigenvalue weighted by atomic mass is 9.79. The van der Waals surface area contributed by atoms with E-state index in [4.69, 9.17) is 0 Å². The lowest BCUT2D eigenvalue weighted by Gasteiger charge is -2.50. The molecule has 3 rings (SSSR count). The number of benzene rings is 1. The lowest BCUT2D eigenvalue weighted by Crippen LogP contribution is -2.60. The minimum Gasteiger partial charge on any atom is -0.298 e. The zero-order valence-corrected chi connectivity index (χ0v) is 13.3. The maximum absolute atomic E-state index is 3.89. The fourth-order valence-corrected chi connectivity index (χ4v) is 3.59. The zero-order valence-electron chi connectivity index (χ0n) is 13.3. The smallest absolute Gasteiger partial charge is 0.0601 e. The Morgan fingerprint density at radius 3 is 2.55 bits per heavy atom. The second kappa shape index (κ2) is 5.16. The van der Waals surface area contributed by atoms with Crippen molar-refractivity contribution in [3.8, 4) is 0 Å². The quantitative estimate of drug-likeness (QED) is 0.904. The van der Waals surface area contributed by atoms with Crippen LogP contribution in [0.2, 0.25) is 0 Å². The van der Waals surface area contributed by atoms with E-state index < -0.39 is 0 Å². The van der Waals surface area contributed by atoms with Crippen LogP contribution in [0.3, 0.4) is 0 Å². The van der Waals surface area contributed by atoms with Crippen LogP contribution < -0.4 is 5.32 Å².